The highest BCUT2D eigenvalue weighted by Crippen LogP contribution is 2.17. The first kappa shape index (κ1) is 17.8. The number of hydrogen-bond acceptors (Lipinski definition) is 2. The van der Waals surface area contributed by atoms with Crippen LogP contribution in [0.2, 0.25) is 5.02 Å². The second kappa shape index (κ2) is 8.37. The Hall–Kier alpha value is -2.04. The molecule has 4 nitrogen and oxygen atoms in total. The molecule has 5 heteroatoms. The van der Waals surface area contributed by atoms with Gasteiger partial charge in [0.25, 0.3) is 0 Å². The highest BCUT2D eigenvalue weighted by molar-refractivity contribution is 6.30. The van der Waals surface area contributed by atoms with Crippen molar-refractivity contribution >= 4 is 23.3 Å². The van der Waals surface area contributed by atoms with Gasteiger partial charge in [-0.2, -0.15) is 0 Å². The van der Waals surface area contributed by atoms with E-state index in [1.165, 1.54) is 5.56 Å². The minimum atomic E-state index is -0.0108. The van der Waals surface area contributed by atoms with E-state index in [2.05, 4.69) is 29.3 Å². The fraction of sp³-hybridized carbons (Fsp3) is 0.350. The highest BCUT2D eigenvalue weighted by Gasteiger charge is 2.21. The minimum absolute atomic E-state index is 0.0108. The van der Waals surface area contributed by atoms with Crippen molar-refractivity contribution in [1.82, 2.24) is 9.80 Å². The van der Waals surface area contributed by atoms with E-state index in [0.29, 0.717) is 0 Å². The lowest BCUT2D eigenvalue weighted by molar-refractivity contribution is 0.143. The molecule has 0 bridgehead atoms. The van der Waals surface area contributed by atoms with Gasteiger partial charge in [-0.3, -0.25) is 4.90 Å². The van der Waals surface area contributed by atoms with Crippen molar-refractivity contribution in [2.45, 2.75) is 19.9 Å². The van der Waals surface area contributed by atoms with Gasteiger partial charge >= 0.3 is 6.03 Å². The first-order chi connectivity index (χ1) is 12.2. The molecule has 2 amide bonds. The van der Waals surface area contributed by atoms with Gasteiger partial charge in [-0.1, -0.05) is 48.9 Å². The Balaban J connectivity index is 1.52. The molecule has 2 aromatic rings. The standard InChI is InChI=1S/C20H24ClN3O/c1-2-17-7-3-4-9-19(17)22-20(25)24-12-10-23(11-13-24)15-16-6-5-8-18(21)14-16/h3-9,14H,2,10-13,15H2,1H3,(H,22,25). The number of carbonyl (C=O) groups excluding carboxylic acids is 1. The van der Waals surface area contributed by atoms with Gasteiger partial charge in [0, 0.05) is 43.4 Å². The predicted molar refractivity (Wildman–Crippen MR) is 103 cm³/mol. The monoisotopic (exact) mass is 357 g/mol. The van der Waals surface area contributed by atoms with Crippen LogP contribution >= 0.6 is 11.6 Å². The SMILES string of the molecule is CCc1ccccc1NC(=O)N1CCN(Cc2cccc(Cl)c2)CC1. The van der Waals surface area contributed by atoms with Gasteiger partial charge in [-0.15, -0.1) is 0 Å². The Morgan fingerprint density at radius 1 is 1.08 bits per heavy atom. The lowest BCUT2D eigenvalue weighted by Crippen LogP contribution is -2.49. The van der Waals surface area contributed by atoms with Crippen molar-refractivity contribution in [3.8, 4) is 0 Å². The van der Waals surface area contributed by atoms with Crippen LogP contribution in [0.1, 0.15) is 18.1 Å². The van der Waals surface area contributed by atoms with E-state index >= 15 is 0 Å². The summed E-state index contributed by atoms with van der Waals surface area (Å²) in [6, 6.07) is 15.9. The van der Waals surface area contributed by atoms with Gasteiger partial charge < -0.3 is 10.2 Å². The molecule has 0 saturated carbocycles. The van der Waals surface area contributed by atoms with Crippen LogP contribution in [0.3, 0.4) is 0 Å². The third-order valence-electron chi connectivity index (χ3n) is 4.59. The van der Waals surface area contributed by atoms with Crippen molar-refractivity contribution in [2.24, 2.45) is 0 Å². The number of nitrogens with zero attached hydrogens (tertiary/aromatic N) is 2. The number of piperazine rings is 1. The zero-order valence-corrected chi connectivity index (χ0v) is 15.3. The van der Waals surface area contributed by atoms with Crippen LogP contribution in [0.5, 0.6) is 0 Å². The molecule has 132 valence electrons. The van der Waals surface area contributed by atoms with E-state index in [-0.39, 0.29) is 6.03 Å². The summed E-state index contributed by atoms with van der Waals surface area (Å²) in [4.78, 5) is 16.8. The fourth-order valence-electron chi connectivity index (χ4n) is 3.15. The molecule has 0 aliphatic carbocycles. The summed E-state index contributed by atoms with van der Waals surface area (Å²) in [6.45, 7) is 6.18. The first-order valence-electron chi connectivity index (χ1n) is 8.76. The summed E-state index contributed by atoms with van der Waals surface area (Å²) in [5.74, 6) is 0. The third kappa shape index (κ3) is 4.74. The molecule has 3 rings (SSSR count). The summed E-state index contributed by atoms with van der Waals surface area (Å²) in [5, 5.41) is 3.82. The number of amides is 2. The number of urea groups is 1. The molecule has 1 heterocycles. The van der Waals surface area contributed by atoms with Gasteiger partial charge in [0.1, 0.15) is 0 Å². The molecule has 2 aromatic carbocycles. The number of aryl methyl sites for hydroxylation is 1. The maximum absolute atomic E-state index is 12.5. The van der Waals surface area contributed by atoms with Crippen molar-refractivity contribution in [3.05, 3.63) is 64.7 Å². The lowest BCUT2D eigenvalue weighted by atomic mass is 10.1. The zero-order chi connectivity index (χ0) is 17.6. The van der Waals surface area contributed by atoms with E-state index in [9.17, 15) is 4.79 Å². The Labute approximate surface area is 154 Å². The summed E-state index contributed by atoms with van der Waals surface area (Å²) in [7, 11) is 0. The molecule has 0 radical (unpaired) electrons. The Kier molecular flexibility index (Phi) is 5.95. The molecule has 1 fully saturated rings. The highest BCUT2D eigenvalue weighted by atomic mass is 35.5. The quantitative estimate of drug-likeness (QED) is 0.887. The number of hydrogen-bond donors (Lipinski definition) is 1. The predicted octanol–water partition coefficient (Wildman–Crippen LogP) is 4.25. The number of benzene rings is 2. The molecule has 25 heavy (non-hydrogen) atoms. The molecule has 0 unspecified atom stereocenters. The van der Waals surface area contributed by atoms with Gasteiger partial charge in [-0.25, -0.2) is 4.79 Å². The first-order valence-corrected chi connectivity index (χ1v) is 9.14. The number of rotatable bonds is 4. The smallest absolute Gasteiger partial charge is 0.321 e. The molecule has 1 N–H and O–H groups in total. The largest absolute Gasteiger partial charge is 0.322 e. The molecule has 0 atom stereocenters. The topological polar surface area (TPSA) is 35.6 Å². The molecule has 0 aromatic heterocycles. The lowest BCUT2D eigenvalue weighted by Gasteiger charge is -2.34. The number of anilines is 1. The maximum atomic E-state index is 12.5. The van der Waals surface area contributed by atoms with Gasteiger partial charge in [0.2, 0.25) is 0 Å². The van der Waals surface area contributed by atoms with E-state index in [1.807, 2.05) is 41.3 Å². The molecule has 1 saturated heterocycles. The summed E-state index contributed by atoms with van der Waals surface area (Å²) in [5.41, 5.74) is 3.29. The minimum Gasteiger partial charge on any atom is -0.322 e. The van der Waals surface area contributed by atoms with Crippen LogP contribution in [0.4, 0.5) is 10.5 Å². The van der Waals surface area contributed by atoms with Crippen LogP contribution in [0, 0.1) is 0 Å². The van der Waals surface area contributed by atoms with E-state index in [0.717, 1.165) is 55.4 Å². The molecular weight excluding hydrogens is 334 g/mol. The van der Waals surface area contributed by atoms with Crippen molar-refractivity contribution in [1.29, 1.82) is 0 Å². The van der Waals surface area contributed by atoms with E-state index in [1.54, 1.807) is 0 Å². The maximum Gasteiger partial charge on any atom is 0.321 e. The Morgan fingerprint density at radius 2 is 1.84 bits per heavy atom. The van der Waals surface area contributed by atoms with Crippen molar-refractivity contribution in [2.75, 3.05) is 31.5 Å². The van der Waals surface area contributed by atoms with Crippen molar-refractivity contribution in [3.63, 3.8) is 0 Å². The Morgan fingerprint density at radius 3 is 2.56 bits per heavy atom. The average molecular weight is 358 g/mol. The third-order valence-corrected chi connectivity index (χ3v) is 4.83. The van der Waals surface area contributed by atoms with Gasteiger partial charge in [0.15, 0.2) is 0 Å². The number of nitrogens with one attached hydrogen (secondary N) is 1. The summed E-state index contributed by atoms with van der Waals surface area (Å²) < 4.78 is 0. The van der Waals surface area contributed by atoms with Crippen LogP contribution < -0.4 is 5.32 Å². The van der Waals surface area contributed by atoms with Crippen LogP contribution in [-0.2, 0) is 13.0 Å². The zero-order valence-electron chi connectivity index (χ0n) is 14.5. The van der Waals surface area contributed by atoms with Gasteiger partial charge in [-0.05, 0) is 35.7 Å². The normalized spacial score (nSPS) is 15.2. The molecule has 1 aliphatic heterocycles. The van der Waals surface area contributed by atoms with Crippen molar-refractivity contribution < 1.29 is 4.79 Å². The Bertz CT molecular complexity index is 726. The number of carbonyl (C=O) groups is 1. The van der Waals surface area contributed by atoms with Gasteiger partial charge in [0.05, 0.1) is 0 Å². The van der Waals surface area contributed by atoms with Crippen LogP contribution in [-0.4, -0.2) is 42.0 Å². The average Bonchev–Trinajstić information content (AvgIpc) is 2.63. The molecular formula is C20H24ClN3O. The van der Waals surface area contributed by atoms with E-state index in [4.69, 9.17) is 11.6 Å². The summed E-state index contributed by atoms with van der Waals surface area (Å²) in [6.07, 6.45) is 0.907. The molecule has 0 spiro atoms. The van der Waals surface area contributed by atoms with E-state index < -0.39 is 0 Å². The second-order valence-corrected chi connectivity index (χ2v) is 6.77. The van der Waals surface area contributed by atoms with Crippen LogP contribution in [0.25, 0.3) is 0 Å². The fourth-order valence-corrected chi connectivity index (χ4v) is 3.36. The number of para-hydroxylation sites is 1. The number of halogens is 1. The second-order valence-electron chi connectivity index (χ2n) is 6.33. The van der Waals surface area contributed by atoms with Crippen LogP contribution in [0.15, 0.2) is 48.5 Å². The summed E-state index contributed by atoms with van der Waals surface area (Å²) >= 11 is 6.05. The molecule has 1 aliphatic rings.